The smallest absolute Gasteiger partial charge is 0.230 e. The van der Waals surface area contributed by atoms with Gasteiger partial charge in [0.25, 0.3) is 0 Å². The van der Waals surface area contributed by atoms with Crippen molar-refractivity contribution in [3.05, 3.63) is 23.8 Å². The number of rotatable bonds is 8. The SMILES string of the molecule is O=C(C[C@@H]1C[C@@H]2c3cc(ccc3OC3CCOCC3)NC(=O)[C@@H]2[C@@H](CO)O1)NCCN1CCCCC1. The van der Waals surface area contributed by atoms with Crippen LogP contribution in [0.15, 0.2) is 18.2 Å². The summed E-state index contributed by atoms with van der Waals surface area (Å²) in [7, 11) is 0. The second kappa shape index (κ2) is 11.9. The van der Waals surface area contributed by atoms with Crippen LogP contribution in [-0.2, 0) is 19.1 Å². The maximum atomic E-state index is 13.1. The molecule has 3 fully saturated rings. The molecule has 0 saturated carbocycles. The van der Waals surface area contributed by atoms with Crippen molar-refractivity contribution in [2.75, 3.05) is 51.3 Å². The predicted molar refractivity (Wildman–Crippen MR) is 134 cm³/mol. The molecule has 5 rings (SSSR count). The van der Waals surface area contributed by atoms with E-state index in [-0.39, 0.29) is 43.0 Å². The number of carbonyl (C=O) groups is 2. The number of nitrogens with zero attached hydrogens (tertiary/aromatic N) is 1. The Morgan fingerprint density at radius 1 is 1.19 bits per heavy atom. The van der Waals surface area contributed by atoms with E-state index in [0.717, 1.165) is 43.8 Å². The minimum Gasteiger partial charge on any atom is -0.490 e. The molecule has 1 aromatic carbocycles. The lowest BCUT2D eigenvalue weighted by molar-refractivity contribution is -0.148. The summed E-state index contributed by atoms with van der Waals surface area (Å²) in [5, 5.41) is 16.1. The highest BCUT2D eigenvalue weighted by atomic mass is 16.5. The minimum atomic E-state index is -0.680. The van der Waals surface area contributed by atoms with Crippen LogP contribution in [-0.4, -0.2) is 86.1 Å². The lowest BCUT2D eigenvalue weighted by atomic mass is 9.76. The number of hydrogen-bond acceptors (Lipinski definition) is 7. The number of aliphatic hydroxyl groups is 1. The van der Waals surface area contributed by atoms with Crippen LogP contribution in [0.1, 0.15) is 56.4 Å². The fraction of sp³-hybridized carbons (Fsp3) is 0.704. The molecule has 1 aromatic rings. The molecular weight excluding hydrogens is 462 g/mol. The Balaban J connectivity index is 1.27. The number of carbonyl (C=O) groups excluding carboxylic acids is 2. The molecule has 2 amide bonds. The maximum Gasteiger partial charge on any atom is 0.230 e. The Kier molecular flexibility index (Phi) is 8.41. The van der Waals surface area contributed by atoms with Gasteiger partial charge in [-0.3, -0.25) is 9.59 Å². The van der Waals surface area contributed by atoms with Gasteiger partial charge in [-0.25, -0.2) is 0 Å². The van der Waals surface area contributed by atoms with Gasteiger partial charge in [0.2, 0.25) is 11.8 Å². The first kappa shape index (κ1) is 25.4. The van der Waals surface area contributed by atoms with Crippen molar-refractivity contribution in [2.24, 2.45) is 5.92 Å². The molecular formula is C27H39N3O6. The number of hydrogen-bond donors (Lipinski definition) is 3. The van der Waals surface area contributed by atoms with Crippen molar-refractivity contribution < 1.29 is 28.9 Å². The molecule has 0 aromatic heterocycles. The average molecular weight is 502 g/mol. The summed E-state index contributed by atoms with van der Waals surface area (Å²) in [6.07, 6.45) is 5.13. The highest BCUT2D eigenvalue weighted by Gasteiger charge is 2.46. The van der Waals surface area contributed by atoms with E-state index in [9.17, 15) is 14.7 Å². The Morgan fingerprint density at radius 2 is 2.00 bits per heavy atom. The van der Waals surface area contributed by atoms with E-state index in [4.69, 9.17) is 14.2 Å². The third-order valence-corrected chi connectivity index (χ3v) is 7.95. The minimum absolute atomic E-state index is 0.0577. The maximum absolute atomic E-state index is 13.1. The monoisotopic (exact) mass is 501 g/mol. The summed E-state index contributed by atoms with van der Waals surface area (Å²) < 4.78 is 18.0. The molecule has 36 heavy (non-hydrogen) atoms. The molecule has 9 heteroatoms. The molecule has 4 aliphatic heterocycles. The molecule has 0 spiro atoms. The van der Waals surface area contributed by atoms with E-state index < -0.39 is 12.0 Å². The normalized spacial score (nSPS) is 29.1. The Bertz CT molecular complexity index is 915. The van der Waals surface area contributed by atoms with Crippen LogP contribution in [0.2, 0.25) is 0 Å². The third kappa shape index (κ3) is 6.02. The molecule has 4 heterocycles. The van der Waals surface area contributed by atoms with Crippen molar-refractivity contribution in [3.8, 4) is 5.75 Å². The van der Waals surface area contributed by atoms with Gasteiger partial charge in [0, 0.05) is 43.1 Å². The van der Waals surface area contributed by atoms with E-state index in [2.05, 4.69) is 15.5 Å². The number of amides is 2. The van der Waals surface area contributed by atoms with Gasteiger partial charge in [0.1, 0.15) is 11.9 Å². The van der Waals surface area contributed by atoms with E-state index >= 15 is 0 Å². The Labute approximate surface area is 212 Å². The number of fused-ring (bicyclic) bond motifs is 4. The number of ether oxygens (including phenoxy) is 3. The zero-order valence-electron chi connectivity index (χ0n) is 21.0. The third-order valence-electron chi connectivity index (χ3n) is 7.95. The first-order valence-electron chi connectivity index (χ1n) is 13.6. The van der Waals surface area contributed by atoms with Gasteiger partial charge in [-0.05, 0) is 50.6 Å². The summed E-state index contributed by atoms with van der Waals surface area (Å²) >= 11 is 0. The van der Waals surface area contributed by atoms with Gasteiger partial charge in [-0.1, -0.05) is 6.42 Å². The largest absolute Gasteiger partial charge is 0.490 e. The number of piperidine rings is 1. The van der Waals surface area contributed by atoms with E-state index in [1.54, 1.807) is 0 Å². The second-order valence-corrected chi connectivity index (χ2v) is 10.5. The lowest BCUT2D eigenvalue weighted by Crippen LogP contribution is -2.48. The van der Waals surface area contributed by atoms with Crippen LogP contribution in [0.3, 0.4) is 0 Å². The first-order chi connectivity index (χ1) is 17.6. The van der Waals surface area contributed by atoms with E-state index in [1.165, 1.54) is 19.3 Å². The van der Waals surface area contributed by atoms with Crippen LogP contribution < -0.4 is 15.4 Å². The molecule has 3 saturated heterocycles. The van der Waals surface area contributed by atoms with Gasteiger partial charge in [0.15, 0.2) is 0 Å². The molecule has 198 valence electrons. The quantitative estimate of drug-likeness (QED) is 0.500. The van der Waals surface area contributed by atoms with Crippen LogP contribution >= 0.6 is 0 Å². The highest BCUT2D eigenvalue weighted by Crippen LogP contribution is 2.46. The number of likely N-dealkylation sites (tertiary alicyclic amines) is 1. The lowest BCUT2D eigenvalue weighted by Gasteiger charge is -2.40. The first-order valence-corrected chi connectivity index (χ1v) is 13.6. The predicted octanol–water partition coefficient (Wildman–Crippen LogP) is 2.04. The van der Waals surface area contributed by atoms with Crippen molar-refractivity contribution in [3.63, 3.8) is 0 Å². The van der Waals surface area contributed by atoms with Crippen LogP contribution in [0, 0.1) is 5.92 Å². The summed E-state index contributed by atoms with van der Waals surface area (Å²) in [6.45, 7) is 4.76. The van der Waals surface area contributed by atoms with Crippen LogP contribution in [0.5, 0.6) is 5.75 Å². The zero-order valence-corrected chi connectivity index (χ0v) is 21.0. The molecule has 0 radical (unpaired) electrons. The van der Waals surface area contributed by atoms with Gasteiger partial charge in [-0.2, -0.15) is 0 Å². The number of nitrogens with one attached hydrogen (secondary N) is 2. The summed E-state index contributed by atoms with van der Waals surface area (Å²) in [5.74, 6) is -0.218. The summed E-state index contributed by atoms with van der Waals surface area (Å²) in [4.78, 5) is 28.3. The van der Waals surface area contributed by atoms with Crippen molar-refractivity contribution in [2.45, 2.75) is 69.2 Å². The Hall–Kier alpha value is -2.20. The highest BCUT2D eigenvalue weighted by molar-refractivity contribution is 5.95. The topological polar surface area (TPSA) is 109 Å². The van der Waals surface area contributed by atoms with Crippen LogP contribution in [0.25, 0.3) is 0 Å². The van der Waals surface area contributed by atoms with Gasteiger partial charge in [-0.15, -0.1) is 0 Å². The van der Waals surface area contributed by atoms with E-state index in [1.807, 2.05) is 18.2 Å². The molecule has 2 bridgehead atoms. The number of benzene rings is 1. The summed E-state index contributed by atoms with van der Waals surface area (Å²) in [6, 6.07) is 5.76. The average Bonchev–Trinajstić information content (AvgIpc) is 3.00. The van der Waals surface area contributed by atoms with Crippen molar-refractivity contribution in [1.82, 2.24) is 10.2 Å². The van der Waals surface area contributed by atoms with E-state index in [0.29, 0.717) is 31.9 Å². The van der Waals surface area contributed by atoms with Crippen molar-refractivity contribution >= 4 is 17.5 Å². The van der Waals surface area contributed by atoms with Crippen LogP contribution in [0.4, 0.5) is 5.69 Å². The van der Waals surface area contributed by atoms with Gasteiger partial charge in [0.05, 0.1) is 44.4 Å². The summed E-state index contributed by atoms with van der Waals surface area (Å²) in [5.41, 5.74) is 1.66. The van der Waals surface area contributed by atoms with Gasteiger partial charge < -0.3 is 34.9 Å². The van der Waals surface area contributed by atoms with Crippen molar-refractivity contribution in [1.29, 1.82) is 0 Å². The fourth-order valence-electron chi connectivity index (χ4n) is 6.07. The molecule has 9 nitrogen and oxygen atoms in total. The molecule has 3 N–H and O–H groups in total. The molecule has 4 aliphatic rings. The Morgan fingerprint density at radius 3 is 2.78 bits per heavy atom. The number of anilines is 1. The zero-order chi connectivity index (χ0) is 24.9. The number of aliphatic hydroxyl groups excluding tert-OH is 1. The fourth-order valence-corrected chi connectivity index (χ4v) is 6.07. The second-order valence-electron chi connectivity index (χ2n) is 10.5. The standard InChI is InChI=1S/C27H39N3O6/c31-17-24-26-22(15-20(36-24)16-25(32)28-8-11-30-9-2-1-3-10-30)21-14-18(29-27(26)33)4-5-23(21)35-19-6-12-34-13-7-19/h4-5,14,19-20,22,24,26,31H,1-3,6-13,15-17H2,(H,28,32)(H,29,33)/t20-,22+,24+,26-/m0/s1. The molecule has 0 unspecified atom stereocenters. The van der Waals surface area contributed by atoms with Gasteiger partial charge >= 0.3 is 0 Å². The molecule has 0 aliphatic carbocycles. The molecule has 4 atom stereocenters.